The van der Waals surface area contributed by atoms with Gasteiger partial charge in [0.2, 0.25) is 5.88 Å². The first kappa shape index (κ1) is 17.9. The van der Waals surface area contributed by atoms with Gasteiger partial charge in [-0.25, -0.2) is 4.98 Å². The Kier molecular flexibility index (Phi) is 6.71. The lowest BCUT2D eigenvalue weighted by molar-refractivity contribution is 0.324. The second kappa shape index (κ2) is 8.99. The van der Waals surface area contributed by atoms with Gasteiger partial charge in [0, 0.05) is 22.8 Å². The van der Waals surface area contributed by atoms with Crippen LogP contribution in [0.2, 0.25) is 0 Å². The Morgan fingerprint density at radius 1 is 1.29 bits per heavy atom. The number of aromatic nitrogens is 1. The summed E-state index contributed by atoms with van der Waals surface area (Å²) < 4.78 is 5.48. The fourth-order valence-electron chi connectivity index (χ4n) is 2.06. The fourth-order valence-corrected chi connectivity index (χ4v) is 2.98. The molecule has 0 spiro atoms. The van der Waals surface area contributed by atoms with E-state index >= 15 is 0 Å². The highest BCUT2D eigenvalue weighted by atomic mass is 32.2. The van der Waals surface area contributed by atoms with Gasteiger partial charge in [0.05, 0.1) is 12.3 Å². The molecule has 0 radical (unpaired) electrons. The van der Waals surface area contributed by atoms with Crippen molar-refractivity contribution in [3.63, 3.8) is 0 Å². The zero-order chi connectivity index (χ0) is 17.4. The van der Waals surface area contributed by atoms with Crippen molar-refractivity contribution in [3.8, 4) is 11.9 Å². The lowest BCUT2D eigenvalue weighted by Crippen LogP contribution is -2.01. The number of nitriles is 1. The topological polar surface area (TPSA) is 57.9 Å². The third kappa shape index (κ3) is 5.04. The van der Waals surface area contributed by atoms with Gasteiger partial charge in [-0.1, -0.05) is 43.8 Å². The first-order valence-corrected chi connectivity index (χ1v) is 8.69. The predicted molar refractivity (Wildman–Crippen MR) is 99.1 cm³/mol. The molecule has 24 heavy (non-hydrogen) atoms. The molecular weight excluding hydrogens is 318 g/mol. The van der Waals surface area contributed by atoms with Crippen LogP contribution in [0, 0.1) is 11.3 Å². The van der Waals surface area contributed by atoms with Gasteiger partial charge in [-0.15, -0.1) is 0 Å². The summed E-state index contributed by atoms with van der Waals surface area (Å²) in [5.41, 5.74) is 1.88. The molecule has 1 heterocycles. The summed E-state index contributed by atoms with van der Waals surface area (Å²) in [6.45, 7) is 6.69. The average Bonchev–Trinajstić information content (AvgIpc) is 2.60. The average molecular weight is 339 g/mol. The third-order valence-electron chi connectivity index (χ3n) is 3.17. The van der Waals surface area contributed by atoms with Crippen LogP contribution < -0.4 is 10.1 Å². The first-order chi connectivity index (χ1) is 11.6. The molecule has 0 unspecified atom stereocenters. The van der Waals surface area contributed by atoms with Crippen LogP contribution in [0.3, 0.4) is 0 Å². The molecule has 1 aromatic heterocycles. The van der Waals surface area contributed by atoms with Crippen molar-refractivity contribution in [1.82, 2.24) is 4.98 Å². The van der Waals surface area contributed by atoms with Crippen molar-refractivity contribution in [3.05, 3.63) is 59.3 Å². The number of benzene rings is 1. The molecule has 5 heteroatoms. The number of anilines is 1. The number of para-hydroxylation sites is 1. The van der Waals surface area contributed by atoms with Crippen molar-refractivity contribution in [2.45, 2.75) is 31.6 Å². The minimum Gasteiger partial charge on any atom is -0.478 e. The molecule has 0 saturated carbocycles. The van der Waals surface area contributed by atoms with Crippen LogP contribution in [-0.4, -0.2) is 11.6 Å². The summed E-state index contributed by atoms with van der Waals surface area (Å²) in [4.78, 5) is 6.11. The van der Waals surface area contributed by atoms with E-state index in [-0.39, 0.29) is 5.92 Å². The highest BCUT2D eigenvalue weighted by Gasteiger charge is 2.13. The van der Waals surface area contributed by atoms with E-state index in [0.29, 0.717) is 17.4 Å². The Labute approximate surface area is 147 Å². The molecule has 0 aliphatic carbocycles. The molecule has 2 aromatic rings. The lowest BCUT2D eigenvalue weighted by atomic mass is 10.1. The van der Waals surface area contributed by atoms with Gasteiger partial charge in [0.25, 0.3) is 0 Å². The maximum Gasteiger partial charge on any atom is 0.213 e. The standard InChI is InChI=1S/C19H21N3OS/c1-4-23-18-11-10-17(19(22-18)14(2)3)24-16(12-20)13-21-15-8-6-5-7-9-15/h5-11,13-14,21H,4H2,1-3H3/b16-13+. The second-order valence-corrected chi connectivity index (χ2v) is 6.44. The smallest absolute Gasteiger partial charge is 0.213 e. The maximum absolute atomic E-state index is 9.41. The lowest BCUT2D eigenvalue weighted by Gasteiger charge is -2.13. The first-order valence-electron chi connectivity index (χ1n) is 7.87. The van der Waals surface area contributed by atoms with E-state index in [4.69, 9.17) is 4.74 Å². The van der Waals surface area contributed by atoms with Crippen molar-refractivity contribution in [2.24, 2.45) is 0 Å². The predicted octanol–water partition coefficient (Wildman–Crippen LogP) is 5.17. The molecule has 1 aromatic carbocycles. The van der Waals surface area contributed by atoms with Crippen LogP contribution in [0.15, 0.2) is 58.5 Å². The fraction of sp³-hybridized carbons (Fsp3) is 0.263. The molecule has 4 nitrogen and oxygen atoms in total. The van der Waals surface area contributed by atoms with E-state index in [9.17, 15) is 5.26 Å². The Balaban J connectivity index is 2.19. The van der Waals surface area contributed by atoms with Gasteiger partial charge in [0.15, 0.2) is 0 Å². The van der Waals surface area contributed by atoms with Crippen LogP contribution in [0.25, 0.3) is 0 Å². The van der Waals surface area contributed by atoms with Gasteiger partial charge in [-0.05, 0) is 31.0 Å². The third-order valence-corrected chi connectivity index (χ3v) is 4.17. The number of hydrogen-bond donors (Lipinski definition) is 1. The zero-order valence-corrected chi connectivity index (χ0v) is 14.9. The summed E-state index contributed by atoms with van der Waals surface area (Å²) in [5, 5.41) is 12.6. The summed E-state index contributed by atoms with van der Waals surface area (Å²) in [6.07, 6.45) is 1.72. The SMILES string of the molecule is CCOc1ccc(S/C(C#N)=C/Nc2ccccc2)c(C(C)C)n1. The quantitative estimate of drug-likeness (QED) is 0.557. The number of nitrogens with one attached hydrogen (secondary N) is 1. The molecule has 0 atom stereocenters. The van der Waals surface area contributed by atoms with E-state index < -0.39 is 0 Å². The maximum atomic E-state index is 9.41. The number of ether oxygens (including phenoxy) is 1. The highest BCUT2D eigenvalue weighted by molar-refractivity contribution is 8.03. The summed E-state index contributed by atoms with van der Waals surface area (Å²) in [6, 6.07) is 15.8. The molecule has 0 amide bonds. The molecule has 0 bridgehead atoms. The molecule has 0 saturated heterocycles. The van der Waals surface area contributed by atoms with Gasteiger partial charge < -0.3 is 10.1 Å². The van der Waals surface area contributed by atoms with Gasteiger partial charge in [-0.3, -0.25) is 0 Å². The van der Waals surface area contributed by atoms with Crippen molar-refractivity contribution >= 4 is 17.4 Å². The van der Waals surface area contributed by atoms with E-state index in [0.717, 1.165) is 16.3 Å². The van der Waals surface area contributed by atoms with E-state index in [1.807, 2.05) is 49.4 Å². The number of nitrogens with zero attached hydrogens (tertiary/aromatic N) is 2. The number of hydrogen-bond acceptors (Lipinski definition) is 5. The molecule has 0 aliphatic heterocycles. The van der Waals surface area contributed by atoms with Crippen LogP contribution in [0.1, 0.15) is 32.4 Å². The Morgan fingerprint density at radius 2 is 2.04 bits per heavy atom. The number of allylic oxidation sites excluding steroid dienone is 1. The van der Waals surface area contributed by atoms with E-state index in [1.165, 1.54) is 11.8 Å². The highest BCUT2D eigenvalue weighted by Crippen LogP contribution is 2.33. The van der Waals surface area contributed by atoms with Crippen LogP contribution in [0.4, 0.5) is 5.69 Å². The van der Waals surface area contributed by atoms with Gasteiger partial charge in [-0.2, -0.15) is 5.26 Å². The van der Waals surface area contributed by atoms with Crippen LogP contribution in [0.5, 0.6) is 5.88 Å². The van der Waals surface area contributed by atoms with E-state index in [1.54, 1.807) is 6.20 Å². The van der Waals surface area contributed by atoms with Gasteiger partial charge >= 0.3 is 0 Å². The van der Waals surface area contributed by atoms with Crippen molar-refractivity contribution < 1.29 is 4.74 Å². The molecule has 0 aliphatic rings. The van der Waals surface area contributed by atoms with Gasteiger partial charge in [0.1, 0.15) is 11.0 Å². The zero-order valence-electron chi connectivity index (χ0n) is 14.1. The Bertz CT molecular complexity index is 736. The largest absolute Gasteiger partial charge is 0.478 e. The van der Waals surface area contributed by atoms with Crippen LogP contribution >= 0.6 is 11.8 Å². The van der Waals surface area contributed by atoms with E-state index in [2.05, 4.69) is 30.2 Å². The Hall–Kier alpha value is -2.45. The van der Waals surface area contributed by atoms with Crippen molar-refractivity contribution in [1.29, 1.82) is 5.26 Å². The molecule has 0 fully saturated rings. The minimum absolute atomic E-state index is 0.245. The normalized spacial score (nSPS) is 11.2. The molecular formula is C19H21N3OS. The summed E-state index contributed by atoms with van der Waals surface area (Å²) in [7, 11) is 0. The number of pyridine rings is 1. The number of rotatable bonds is 7. The second-order valence-electron chi connectivity index (χ2n) is 5.35. The molecule has 124 valence electrons. The van der Waals surface area contributed by atoms with Crippen molar-refractivity contribution in [2.75, 3.05) is 11.9 Å². The monoisotopic (exact) mass is 339 g/mol. The minimum atomic E-state index is 0.245. The number of thioether (sulfide) groups is 1. The Morgan fingerprint density at radius 3 is 2.67 bits per heavy atom. The summed E-state index contributed by atoms with van der Waals surface area (Å²) >= 11 is 1.41. The van der Waals surface area contributed by atoms with Crippen LogP contribution in [-0.2, 0) is 0 Å². The summed E-state index contributed by atoms with van der Waals surface area (Å²) in [5.74, 6) is 0.866. The molecule has 2 rings (SSSR count). The molecule has 1 N–H and O–H groups in total.